The van der Waals surface area contributed by atoms with E-state index in [4.69, 9.17) is 11.6 Å². The number of nitrogens with zero attached hydrogens (tertiary/aromatic N) is 2. The number of rotatable bonds is 4. The lowest BCUT2D eigenvalue weighted by Gasteiger charge is -2.27. The summed E-state index contributed by atoms with van der Waals surface area (Å²) in [5, 5.41) is 2.39. The maximum absolute atomic E-state index is 12.5. The van der Waals surface area contributed by atoms with Gasteiger partial charge in [-0.2, -0.15) is 26.3 Å². The molecule has 0 fully saturated rings. The molecule has 2 rings (SSSR count). The smallest absolute Gasteiger partial charge is 0.368 e. The van der Waals surface area contributed by atoms with Gasteiger partial charge in [0.15, 0.2) is 0 Å². The van der Waals surface area contributed by atoms with Crippen LogP contribution in [0.1, 0.15) is 18.4 Å². The second-order valence-corrected chi connectivity index (χ2v) is 5.95. The van der Waals surface area contributed by atoms with Crippen LogP contribution in [-0.4, -0.2) is 41.6 Å². The predicted molar refractivity (Wildman–Crippen MR) is 82.7 cm³/mol. The van der Waals surface area contributed by atoms with Crippen LogP contribution in [0.15, 0.2) is 23.9 Å². The SMILES string of the molecule is O=C(CCNc1ncc(C(F)(F)F)cc1Cl)N1CC=C(C(F)(F)F)CC1. The van der Waals surface area contributed by atoms with Crippen LogP contribution in [0.3, 0.4) is 0 Å². The standard InChI is InChI=1S/C15H14ClF6N3O/c16-11-7-10(15(20,21)22)8-24-13(11)23-4-1-12(26)25-5-2-9(3-6-25)14(17,18)19/h2,7-8H,1,3-6H2,(H,23,24). The number of halogens is 7. The molecule has 0 radical (unpaired) electrons. The molecular formula is C15H14ClF6N3O. The Hall–Kier alpha value is -1.97. The van der Waals surface area contributed by atoms with Gasteiger partial charge in [0, 0.05) is 37.8 Å². The largest absolute Gasteiger partial charge is 0.417 e. The lowest BCUT2D eigenvalue weighted by molar-refractivity contribution is -0.137. The van der Waals surface area contributed by atoms with Crippen molar-refractivity contribution in [2.75, 3.05) is 25.0 Å². The van der Waals surface area contributed by atoms with Gasteiger partial charge in [0.2, 0.25) is 5.91 Å². The Balaban J connectivity index is 1.85. The Morgan fingerprint density at radius 2 is 1.92 bits per heavy atom. The molecule has 1 aromatic heterocycles. The second-order valence-electron chi connectivity index (χ2n) is 5.55. The van der Waals surface area contributed by atoms with Crippen molar-refractivity contribution >= 4 is 23.3 Å². The molecule has 0 spiro atoms. The Bertz CT molecular complexity index is 702. The van der Waals surface area contributed by atoms with Crippen molar-refractivity contribution in [3.8, 4) is 0 Å². The summed E-state index contributed by atoms with van der Waals surface area (Å²) in [4.78, 5) is 16.8. The van der Waals surface area contributed by atoms with Crippen molar-refractivity contribution in [1.82, 2.24) is 9.88 Å². The summed E-state index contributed by atoms with van der Waals surface area (Å²) in [5.41, 5.74) is -1.65. The van der Waals surface area contributed by atoms with Gasteiger partial charge in [0.25, 0.3) is 0 Å². The molecule has 1 aliphatic heterocycles. The first-order chi connectivity index (χ1) is 12.0. The number of hydrogen-bond donors (Lipinski definition) is 1. The molecule has 0 atom stereocenters. The number of carbonyl (C=O) groups is 1. The normalized spacial score (nSPS) is 15.7. The molecule has 0 saturated carbocycles. The van der Waals surface area contributed by atoms with E-state index < -0.39 is 23.5 Å². The fourth-order valence-electron chi connectivity index (χ4n) is 2.32. The van der Waals surface area contributed by atoms with Crippen LogP contribution in [0.4, 0.5) is 32.2 Å². The second kappa shape index (κ2) is 7.73. The summed E-state index contributed by atoms with van der Waals surface area (Å²) in [6.45, 7) is -0.139. The fraction of sp³-hybridized carbons (Fsp3) is 0.467. The lowest BCUT2D eigenvalue weighted by Crippen LogP contribution is -2.37. The first-order valence-corrected chi connectivity index (χ1v) is 7.87. The van der Waals surface area contributed by atoms with E-state index in [2.05, 4.69) is 10.3 Å². The number of alkyl halides is 6. The Morgan fingerprint density at radius 1 is 1.23 bits per heavy atom. The van der Waals surface area contributed by atoms with Gasteiger partial charge in [-0.05, 0) is 12.5 Å². The molecule has 0 unspecified atom stereocenters. The topological polar surface area (TPSA) is 45.2 Å². The van der Waals surface area contributed by atoms with Crippen molar-refractivity contribution in [3.05, 3.63) is 34.5 Å². The van der Waals surface area contributed by atoms with Gasteiger partial charge in [-0.1, -0.05) is 17.7 Å². The highest BCUT2D eigenvalue weighted by atomic mass is 35.5. The molecule has 1 amide bonds. The number of aromatic nitrogens is 1. The summed E-state index contributed by atoms with van der Waals surface area (Å²) in [7, 11) is 0. The van der Waals surface area contributed by atoms with Gasteiger partial charge in [-0.15, -0.1) is 0 Å². The molecule has 1 N–H and O–H groups in total. The number of carbonyl (C=O) groups excluding carboxylic acids is 1. The Labute approximate surface area is 149 Å². The molecule has 144 valence electrons. The van der Waals surface area contributed by atoms with Crippen LogP contribution < -0.4 is 5.32 Å². The summed E-state index contributed by atoms with van der Waals surface area (Å²) in [5.74, 6) is -0.386. The lowest BCUT2D eigenvalue weighted by atomic mass is 10.1. The van der Waals surface area contributed by atoms with E-state index >= 15 is 0 Å². The zero-order valence-corrected chi connectivity index (χ0v) is 14.0. The fourth-order valence-corrected chi connectivity index (χ4v) is 2.56. The summed E-state index contributed by atoms with van der Waals surface area (Å²) >= 11 is 5.72. The zero-order chi connectivity index (χ0) is 19.5. The van der Waals surface area contributed by atoms with E-state index in [0.717, 1.165) is 6.08 Å². The van der Waals surface area contributed by atoms with Gasteiger partial charge in [0.05, 0.1) is 10.6 Å². The summed E-state index contributed by atoms with van der Waals surface area (Å²) in [6, 6.07) is 0.715. The molecule has 0 aliphatic carbocycles. The third-order valence-corrected chi connectivity index (χ3v) is 4.01. The van der Waals surface area contributed by atoms with Crippen LogP contribution in [-0.2, 0) is 11.0 Å². The van der Waals surface area contributed by atoms with Crippen LogP contribution >= 0.6 is 11.6 Å². The molecule has 2 heterocycles. The van der Waals surface area contributed by atoms with Gasteiger partial charge in [-0.3, -0.25) is 4.79 Å². The van der Waals surface area contributed by atoms with E-state index in [1.807, 2.05) is 0 Å². The van der Waals surface area contributed by atoms with Gasteiger partial charge < -0.3 is 10.2 Å². The molecule has 26 heavy (non-hydrogen) atoms. The predicted octanol–water partition coefficient (Wildman–Crippen LogP) is 4.28. The summed E-state index contributed by atoms with van der Waals surface area (Å²) < 4.78 is 75.1. The number of amides is 1. The Morgan fingerprint density at radius 3 is 2.42 bits per heavy atom. The molecular weight excluding hydrogens is 388 g/mol. The first-order valence-electron chi connectivity index (χ1n) is 7.49. The number of hydrogen-bond acceptors (Lipinski definition) is 3. The van der Waals surface area contributed by atoms with Gasteiger partial charge in [-0.25, -0.2) is 4.98 Å². The van der Waals surface area contributed by atoms with Crippen molar-refractivity contribution < 1.29 is 31.1 Å². The molecule has 1 aliphatic rings. The monoisotopic (exact) mass is 401 g/mol. The third kappa shape index (κ3) is 5.26. The van der Waals surface area contributed by atoms with Crippen molar-refractivity contribution in [2.24, 2.45) is 0 Å². The zero-order valence-electron chi connectivity index (χ0n) is 13.2. The van der Waals surface area contributed by atoms with E-state index in [9.17, 15) is 31.1 Å². The Kier molecular flexibility index (Phi) is 6.05. The molecule has 11 heteroatoms. The van der Waals surface area contributed by atoms with Crippen LogP contribution in [0.25, 0.3) is 0 Å². The minimum atomic E-state index is -4.57. The van der Waals surface area contributed by atoms with E-state index in [1.165, 1.54) is 4.90 Å². The quantitative estimate of drug-likeness (QED) is 0.605. The highest BCUT2D eigenvalue weighted by Gasteiger charge is 2.35. The number of nitrogens with one attached hydrogen (secondary N) is 1. The van der Waals surface area contributed by atoms with Crippen LogP contribution in [0.2, 0.25) is 5.02 Å². The summed E-state index contributed by atoms with van der Waals surface area (Å²) in [6.07, 6.45) is -7.69. The van der Waals surface area contributed by atoms with Crippen molar-refractivity contribution in [1.29, 1.82) is 0 Å². The van der Waals surface area contributed by atoms with Crippen LogP contribution in [0, 0.1) is 0 Å². The maximum atomic E-state index is 12.5. The minimum Gasteiger partial charge on any atom is -0.368 e. The average Bonchev–Trinajstić information content (AvgIpc) is 2.54. The molecule has 1 aromatic rings. The maximum Gasteiger partial charge on any atom is 0.417 e. The van der Waals surface area contributed by atoms with E-state index in [0.29, 0.717) is 12.3 Å². The van der Waals surface area contributed by atoms with Crippen molar-refractivity contribution in [3.63, 3.8) is 0 Å². The molecule has 4 nitrogen and oxygen atoms in total. The van der Waals surface area contributed by atoms with Crippen molar-refractivity contribution in [2.45, 2.75) is 25.2 Å². The van der Waals surface area contributed by atoms with Gasteiger partial charge >= 0.3 is 12.4 Å². The van der Waals surface area contributed by atoms with E-state index in [-0.39, 0.29) is 49.2 Å². The third-order valence-electron chi connectivity index (χ3n) is 3.73. The van der Waals surface area contributed by atoms with Crippen LogP contribution in [0.5, 0.6) is 0 Å². The highest BCUT2D eigenvalue weighted by Crippen LogP contribution is 2.32. The number of anilines is 1. The van der Waals surface area contributed by atoms with Gasteiger partial charge in [0.1, 0.15) is 5.82 Å². The molecule has 0 saturated heterocycles. The molecule has 0 aromatic carbocycles. The number of pyridine rings is 1. The average molecular weight is 402 g/mol. The molecule has 0 bridgehead atoms. The minimum absolute atomic E-state index is 0.00892. The highest BCUT2D eigenvalue weighted by molar-refractivity contribution is 6.32. The van der Waals surface area contributed by atoms with E-state index in [1.54, 1.807) is 0 Å². The first kappa shape index (κ1) is 20.3.